The number of nitrogens with two attached hydrogens (primary N) is 1. The van der Waals surface area contributed by atoms with Crippen LogP contribution in [0.3, 0.4) is 0 Å². The molecule has 0 fully saturated rings. The van der Waals surface area contributed by atoms with Crippen molar-refractivity contribution < 1.29 is 0 Å². The third-order valence-electron chi connectivity index (χ3n) is 4.24. The first-order chi connectivity index (χ1) is 10.6. The van der Waals surface area contributed by atoms with E-state index in [0.717, 1.165) is 31.2 Å². The summed E-state index contributed by atoms with van der Waals surface area (Å²) < 4.78 is 0. The minimum absolute atomic E-state index is 0.199. The van der Waals surface area contributed by atoms with Gasteiger partial charge in [0.05, 0.1) is 0 Å². The monoisotopic (exact) mass is 291 g/mol. The van der Waals surface area contributed by atoms with Gasteiger partial charge < -0.3 is 5.73 Å². The van der Waals surface area contributed by atoms with Gasteiger partial charge in [-0.15, -0.1) is 6.42 Å². The number of terminal acetylenes is 1. The molecule has 114 valence electrons. The van der Waals surface area contributed by atoms with E-state index in [4.69, 9.17) is 12.2 Å². The topological polar surface area (TPSA) is 26.0 Å². The normalized spacial score (nSPS) is 11.2. The van der Waals surface area contributed by atoms with Crippen LogP contribution in [0.5, 0.6) is 0 Å². The number of hydrogen-bond acceptors (Lipinski definition) is 1. The molecule has 1 nitrogen and oxygen atoms in total. The van der Waals surface area contributed by atoms with Crippen molar-refractivity contribution in [1.82, 2.24) is 0 Å². The molecule has 0 atom stereocenters. The number of rotatable bonds is 6. The van der Waals surface area contributed by atoms with E-state index in [-0.39, 0.29) is 5.54 Å². The van der Waals surface area contributed by atoms with Crippen LogP contribution in [0.1, 0.15) is 50.7 Å². The first-order valence-electron chi connectivity index (χ1n) is 8.09. The van der Waals surface area contributed by atoms with E-state index in [9.17, 15) is 0 Å². The van der Waals surface area contributed by atoms with E-state index < -0.39 is 0 Å². The molecule has 0 aliphatic heterocycles. The molecule has 0 heterocycles. The zero-order valence-electron chi connectivity index (χ0n) is 13.6. The molecule has 22 heavy (non-hydrogen) atoms. The van der Waals surface area contributed by atoms with Crippen LogP contribution in [0.25, 0.3) is 11.1 Å². The predicted molar refractivity (Wildman–Crippen MR) is 95.5 cm³/mol. The summed E-state index contributed by atoms with van der Waals surface area (Å²) in [5, 5.41) is 0. The molecule has 0 aliphatic rings. The molecular weight excluding hydrogens is 266 g/mol. The van der Waals surface area contributed by atoms with Crippen LogP contribution in [-0.2, 0) is 5.54 Å². The molecule has 2 rings (SSSR count). The van der Waals surface area contributed by atoms with Crippen molar-refractivity contribution in [3.8, 4) is 23.5 Å². The first-order valence-corrected chi connectivity index (χ1v) is 8.09. The van der Waals surface area contributed by atoms with Crippen LogP contribution in [0.15, 0.2) is 48.5 Å². The van der Waals surface area contributed by atoms with Gasteiger partial charge in [0.2, 0.25) is 0 Å². The van der Waals surface area contributed by atoms with Gasteiger partial charge in [-0.3, -0.25) is 0 Å². The summed E-state index contributed by atoms with van der Waals surface area (Å²) in [5.74, 6) is 2.65. The van der Waals surface area contributed by atoms with Crippen LogP contribution >= 0.6 is 0 Å². The zero-order valence-corrected chi connectivity index (χ0v) is 13.6. The van der Waals surface area contributed by atoms with Gasteiger partial charge in [0.1, 0.15) is 0 Å². The quantitative estimate of drug-likeness (QED) is 0.737. The number of hydrogen-bond donors (Lipinski definition) is 1. The number of benzene rings is 2. The predicted octanol–water partition coefficient (Wildman–Crippen LogP) is 5.09. The van der Waals surface area contributed by atoms with Gasteiger partial charge >= 0.3 is 0 Å². The fraction of sp³-hybridized carbons (Fsp3) is 0.333. The lowest BCUT2D eigenvalue weighted by Gasteiger charge is -2.29. The van der Waals surface area contributed by atoms with Gasteiger partial charge in [-0.1, -0.05) is 69.0 Å². The highest BCUT2D eigenvalue weighted by Crippen LogP contribution is 2.30. The average molecular weight is 291 g/mol. The Balaban J connectivity index is 2.27. The van der Waals surface area contributed by atoms with Crippen molar-refractivity contribution in [2.45, 2.75) is 45.1 Å². The maximum atomic E-state index is 6.64. The molecular formula is C21H25N. The highest BCUT2D eigenvalue weighted by Gasteiger charge is 2.25. The molecule has 0 unspecified atom stereocenters. The SMILES string of the molecule is C#Cc1ccc(-c2ccc(C(N)(CCC)CCC)cc2)cc1. The fourth-order valence-electron chi connectivity index (χ4n) is 3.06. The van der Waals surface area contributed by atoms with Crippen molar-refractivity contribution in [1.29, 1.82) is 0 Å². The Morgan fingerprint density at radius 3 is 1.73 bits per heavy atom. The van der Waals surface area contributed by atoms with Gasteiger partial charge in [0.15, 0.2) is 0 Å². The van der Waals surface area contributed by atoms with E-state index in [1.54, 1.807) is 0 Å². The summed E-state index contributed by atoms with van der Waals surface area (Å²) >= 11 is 0. The standard InChI is InChI=1S/C21H25N/c1-4-15-21(22,16-5-2)20-13-11-19(12-14-20)18-9-7-17(6-3)8-10-18/h3,7-14H,4-5,15-16,22H2,1-2H3. The fourth-order valence-corrected chi connectivity index (χ4v) is 3.06. The molecule has 0 bridgehead atoms. The Hall–Kier alpha value is -2.04. The third kappa shape index (κ3) is 3.59. The molecule has 2 aromatic carbocycles. The summed E-state index contributed by atoms with van der Waals surface area (Å²) in [5.41, 5.74) is 11.0. The summed E-state index contributed by atoms with van der Waals surface area (Å²) in [4.78, 5) is 0. The van der Waals surface area contributed by atoms with E-state index in [0.29, 0.717) is 0 Å². The lowest BCUT2D eigenvalue weighted by atomic mass is 9.82. The summed E-state index contributed by atoms with van der Waals surface area (Å²) in [6.45, 7) is 4.39. The minimum Gasteiger partial charge on any atom is -0.321 e. The summed E-state index contributed by atoms with van der Waals surface area (Å²) in [6.07, 6.45) is 9.66. The second-order valence-electron chi connectivity index (χ2n) is 5.96. The van der Waals surface area contributed by atoms with Crippen LogP contribution in [0, 0.1) is 12.3 Å². The second-order valence-corrected chi connectivity index (χ2v) is 5.96. The maximum Gasteiger partial charge on any atom is 0.0409 e. The van der Waals surface area contributed by atoms with Gasteiger partial charge in [-0.25, -0.2) is 0 Å². The average Bonchev–Trinajstić information content (AvgIpc) is 2.55. The Bertz CT molecular complexity index is 623. The zero-order chi connectivity index (χ0) is 16.0. The lowest BCUT2D eigenvalue weighted by molar-refractivity contribution is 0.369. The minimum atomic E-state index is -0.199. The van der Waals surface area contributed by atoms with Crippen LogP contribution < -0.4 is 5.73 Å². The molecule has 0 amide bonds. The van der Waals surface area contributed by atoms with E-state index in [1.165, 1.54) is 16.7 Å². The molecule has 0 radical (unpaired) electrons. The Morgan fingerprint density at radius 2 is 1.32 bits per heavy atom. The Morgan fingerprint density at radius 1 is 0.864 bits per heavy atom. The van der Waals surface area contributed by atoms with Crippen molar-refractivity contribution in [2.75, 3.05) is 0 Å². The highest BCUT2D eigenvalue weighted by atomic mass is 14.7. The Labute approximate surface area is 134 Å². The lowest BCUT2D eigenvalue weighted by Crippen LogP contribution is -2.36. The first kappa shape index (κ1) is 16.3. The largest absolute Gasteiger partial charge is 0.321 e. The highest BCUT2D eigenvalue weighted by molar-refractivity contribution is 5.64. The van der Waals surface area contributed by atoms with E-state index >= 15 is 0 Å². The smallest absolute Gasteiger partial charge is 0.0409 e. The van der Waals surface area contributed by atoms with Gasteiger partial charge in [0.25, 0.3) is 0 Å². The molecule has 0 spiro atoms. The van der Waals surface area contributed by atoms with Gasteiger partial charge in [-0.2, -0.15) is 0 Å². The molecule has 0 saturated heterocycles. The molecule has 2 N–H and O–H groups in total. The Kier molecular flexibility index (Phi) is 5.41. The summed E-state index contributed by atoms with van der Waals surface area (Å²) in [6, 6.07) is 16.8. The second kappa shape index (κ2) is 7.29. The van der Waals surface area contributed by atoms with Crippen molar-refractivity contribution in [3.05, 3.63) is 59.7 Å². The third-order valence-corrected chi connectivity index (χ3v) is 4.24. The van der Waals surface area contributed by atoms with Crippen molar-refractivity contribution in [3.63, 3.8) is 0 Å². The van der Waals surface area contributed by atoms with Crippen molar-refractivity contribution >= 4 is 0 Å². The van der Waals surface area contributed by atoms with Crippen LogP contribution in [-0.4, -0.2) is 0 Å². The van der Waals surface area contributed by atoms with E-state index in [1.807, 2.05) is 12.1 Å². The molecule has 1 heteroatoms. The molecule has 0 aromatic heterocycles. The molecule has 0 saturated carbocycles. The maximum absolute atomic E-state index is 6.64. The van der Waals surface area contributed by atoms with Crippen LogP contribution in [0.2, 0.25) is 0 Å². The van der Waals surface area contributed by atoms with Gasteiger partial charge in [-0.05, 0) is 41.7 Å². The van der Waals surface area contributed by atoms with Crippen LogP contribution in [0.4, 0.5) is 0 Å². The summed E-state index contributed by atoms with van der Waals surface area (Å²) in [7, 11) is 0. The van der Waals surface area contributed by atoms with Gasteiger partial charge in [0, 0.05) is 11.1 Å². The molecule has 0 aliphatic carbocycles. The molecule has 2 aromatic rings. The van der Waals surface area contributed by atoms with E-state index in [2.05, 4.69) is 56.2 Å². The van der Waals surface area contributed by atoms with Crippen molar-refractivity contribution in [2.24, 2.45) is 5.73 Å².